The summed E-state index contributed by atoms with van der Waals surface area (Å²) in [5.41, 5.74) is 4.58. The normalized spacial score (nSPS) is 26.2. The van der Waals surface area contributed by atoms with Crippen molar-refractivity contribution in [3.63, 3.8) is 0 Å². The van der Waals surface area contributed by atoms with Gasteiger partial charge in [-0.2, -0.15) is 0 Å². The second kappa shape index (κ2) is 5.59. The van der Waals surface area contributed by atoms with Crippen LogP contribution in [0, 0.1) is 0 Å². The number of amides is 1. The number of benzene rings is 1. The van der Waals surface area contributed by atoms with Gasteiger partial charge in [0.2, 0.25) is 5.91 Å². The third-order valence-corrected chi connectivity index (χ3v) is 4.91. The van der Waals surface area contributed by atoms with Crippen LogP contribution in [0.15, 0.2) is 51.4 Å². The molecule has 1 saturated carbocycles. The molecule has 1 unspecified atom stereocenters. The van der Waals surface area contributed by atoms with Crippen LogP contribution in [0.5, 0.6) is 0 Å². The Bertz CT molecular complexity index is 571. The van der Waals surface area contributed by atoms with Crippen molar-refractivity contribution in [2.45, 2.75) is 18.0 Å². The zero-order chi connectivity index (χ0) is 14.0. The summed E-state index contributed by atoms with van der Waals surface area (Å²) >= 11 is 6.79. The van der Waals surface area contributed by atoms with Crippen molar-refractivity contribution in [3.8, 4) is 0 Å². The summed E-state index contributed by atoms with van der Waals surface area (Å²) < 4.78 is 16.2. The molecule has 0 spiro atoms. The maximum Gasteiger partial charge on any atom is 0.241 e. The SMILES string of the molecule is NC(=O)C=CC=CC1(F)C[C@@H]1c1ccc(Br)c(Br)c1. The highest BCUT2D eigenvalue weighted by Crippen LogP contribution is 2.56. The molecule has 1 aromatic carbocycles. The zero-order valence-electron chi connectivity index (χ0n) is 9.95. The van der Waals surface area contributed by atoms with E-state index in [1.165, 1.54) is 24.3 Å². The van der Waals surface area contributed by atoms with Gasteiger partial charge >= 0.3 is 0 Å². The Balaban J connectivity index is 2.06. The van der Waals surface area contributed by atoms with E-state index in [0.29, 0.717) is 6.42 Å². The van der Waals surface area contributed by atoms with E-state index >= 15 is 0 Å². The van der Waals surface area contributed by atoms with Crippen LogP contribution in [-0.4, -0.2) is 11.6 Å². The fraction of sp³-hybridized carbons (Fsp3) is 0.214. The second-order valence-corrected chi connectivity index (χ2v) is 6.19. The van der Waals surface area contributed by atoms with Gasteiger partial charge < -0.3 is 5.73 Å². The summed E-state index contributed by atoms with van der Waals surface area (Å²) in [4.78, 5) is 10.5. The Morgan fingerprint density at radius 3 is 2.74 bits per heavy atom. The first-order chi connectivity index (χ1) is 8.92. The molecule has 2 N–H and O–H groups in total. The molecule has 1 fully saturated rings. The van der Waals surface area contributed by atoms with Crippen molar-refractivity contribution < 1.29 is 9.18 Å². The molecular formula is C14H12Br2FNO. The van der Waals surface area contributed by atoms with Gasteiger partial charge in [0, 0.05) is 20.9 Å². The number of rotatable bonds is 4. The fourth-order valence-electron chi connectivity index (χ4n) is 1.93. The molecule has 2 atom stereocenters. The number of nitrogens with two attached hydrogens (primary N) is 1. The molecule has 0 aromatic heterocycles. The fourth-order valence-corrected chi connectivity index (χ4v) is 2.57. The van der Waals surface area contributed by atoms with E-state index in [2.05, 4.69) is 31.9 Å². The molecule has 1 aromatic rings. The van der Waals surface area contributed by atoms with E-state index < -0.39 is 11.6 Å². The molecule has 2 rings (SSSR count). The lowest BCUT2D eigenvalue weighted by Crippen LogP contribution is -2.05. The van der Waals surface area contributed by atoms with Gasteiger partial charge in [-0.1, -0.05) is 18.2 Å². The van der Waals surface area contributed by atoms with Crippen LogP contribution in [0.3, 0.4) is 0 Å². The Labute approximate surface area is 127 Å². The van der Waals surface area contributed by atoms with Gasteiger partial charge in [0.1, 0.15) is 5.67 Å². The van der Waals surface area contributed by atoms with E-state index in [0.717, 1.165) is 14.5 Å². The van der Waals surface area contributed by atoms with Gasteiger partial charge in [0.15, 0.2) is 0 Å². The monoisotopic (exact) mass is 387 g/mol. The van der Waals surface area contributed by atoms with Crippen molar-refractivity contribution in [2.75, 3.05) is 0 Å². The molecule has 0 bridgehead atoms. The molecule has 1 aliphatic rings. The standard InChI is InChI=1S/C14H12Br2FNO/c15-11-5-4-9(7-12(11)16)10-8-14(10,17)6-2-1-3-13(18)19/h1-7,10H,8H2,(H2,18,19)/t10-,14?/m1/s1. The molecule has 0 aliphatic heterocycles. The largest absolute Gasteiger partial charge is 0.366 e. The summed E-state index contributed by atoms with van der Waals surface area (Å²) in [5.74, 6) is -0.670. The number of allylic oxidation sites excluding steroid dienone is 3. The lowest BCUT2D eigenvalue weighted by Gasteiger charge is -2.04. The number of carbonyl (C=O) groups excluding carboxylic acids is 1. The van der Waals surface area contributed by atoms with Crippen molar-refractivity contribution >= 4 is 37.8 Å². The van der Waals surface area contributed by atoms with Crippen LogP contribution in [0.4, 0.5) is 4.39 Å². The lowest BCUT2D eigenvalue weighted by molar-refractivity contribution is -0.113. The minimum atomic E-state index is -1.32. The average Bonchev–Trinajstić information content (AvgIpc) is 3.01. The Morgan fingerprint density at radius 1 is 1.37 bits per heavy atom. The van der Waals surface area contributed by atoms with E-state index in [1.54, 1.807) is 0 Å². The summed E-state index contributed by atoms with van der Waals surface area (Å²) in [7, 11) is 0. The highest BCUT2D eigenvalue weighted by atomic mass is 79.9. The predicted molar refractivity (Wildman–Crippen MR) is 80.5 cm³/mol. The summed E-state index contributed by atoms with van der Waals surface area (Å²) in [6.45, 7) is 0. The smallest absolute Gasteiger partial charge is 0.241 e. The zero-order valence-corrected chi connectivity index (χ0v) is 13.1. The number of halogens is 3. The van der Waals surface area contributed by atoms with Gasteiger partial charge in [-0.25, -0.2) is 4.39 Å². The Kier molecular flexibility index (Phi) is 4.26. The van der Waals surface area contributed by atoms with Crippen molar-refractivity contribution in [3.05, 3.63) is 57.0 Å². The van der Waals surface area contributed by atoms with Gasteiger partial charge in [-0.15, -0.1) is 0 Å². The van der Waals surface area contributed by atoms with Gasteiger partial charge in [0.05, 0.1) is 0 Å². The number of primary amides is 1. The van der Waals surface area contributed by atoms with Crippen LogP contribution in [0.1, 0.15) is 17.9 Å². The van der Waals surface area contributed by atoms with Crippen LogP contribution in [0.2, 0.25) is 0 Å². The molecule has 19 heavy (non-hydrogen) atoms. The second-order valence-electron chi connectivity index (χ2n) is 4.48. The minimum Gasteiger partial charge on any atom is -0.366 e. The van der Waals surface area contributed by atoms with Crippen molar-refractivity contribution in [1.82, 2.24) is 0 Å². The molecule has 1 aliphatic carbocycles. The minimum absolute atomic E-state index is 0.130. The van der Waals surface area contributed by atoms with E-state index in [-0.39, 0.29) is 5.92 Å². The molecule has 2 nitrogen and oxygen atoms in total. The van der Waals surface area contributed by atoms with E-state index in [1.807, 2.05) is 18.2 Å². The highest BCUT2D eigenvalue weighted by Gasteiger charge is 2.54. The quantitative estimate of drug-likeness (QED) is 0.614. The first kappa shape index (κ1) is 14.5. The van der Waals surface area contributed by atoms with Gasteiger partial charge in [-0.3, -0.25) is 4.79 Å². The molecule has 1 amide bonds. The van der Waals surface area contributed by atoms with Gasteiger partial charge in [-0.05, 0) is 62.1 Å². The number of hydrogen-bond acceptors (Lipinski definition) is 1. The maximum atomic E-state index is 14.3. The van der Waals surface area contributed by atoms with Crippen LogP contribution in [0.25, 0.3) is 0 Å². The first-order valence-corrected chi connectivity index (χ1v) is 7.30. The Hall–Kier alpha value is -0.940. The van der Waals surface area contributed by atoms with E-state index in [9.17, 15) is 9.18 Å². The number of alkyl halides is 1. The first-order valence-electron chi connectivity index (χ1n) is 5.71. The summed E-state index contributed by atoms with van der Waals surface area (Å²) in [6.07, 6.45) is 6.12. The molecular weight excluding hydrogens is 377 g/mol. The predicted octanol–water partition coefficient (Wildman–Crippen LogP) is 4.00. The van der Waals surface area contributed by atoms with Crippen LogP contribution in [-0.2, 0) is 4.79 Å². The molecule has 5 heteroatoms. The molecule has 0 heterocycles. The van der Waals surface area contributed by atoms with Crippen LogP contribution < -0.4 is 5.73 Å². The van der Waals surface area contributed by atoms with Crippen LogP contribution >= 0.6 is 31.9 Å². The van der Waals surface area contributed by atoms with Crippen molar-refractivity contribution in [2.24, 2.45) is 5.73 Å². The molecule has 100 valence electrons. The van der Waals surface area contributed by atoms with E-state index in [4.69, 9.17) is 5.73 Å². The molecule has 0 saturated heterocycles. The summed E-state index contributed by atoms with van der Waals surface area (Å²) in [5, 5.41) is 0. The number of hydrogen-bond donors (Lipinski definition) is 1. The average molecular weight is 389 g/mol. The Morgan fingerprint density at radius 2 is 2.11 bits per heavy atom. The van der Waals surface area contributed by atoms with Crippen molar-refractivity contribution in [1.29, 1.82) is 0 Å². The molecule has 0 radical (unpaired) electrons. The lowest BCUT2D eigenvalue weighted by atomic mass is 10.1. The summed E-state index contributed by atoms with van der Waals surface area (Å²) in [6, 6.07) is 5.73. The topological polar surface area (TPSA) is 43.1 Å². The maximum absolute atomic E-state index is 14.3. The number of carbonyl (C=O) groups is 1. The third kappa shape index (κ3) is 3.54. The van der Waals surface area contributed by atoms with Gasteiger partial charge in [0.25, 0.3) is 0 Å². The third-order valence-electron chi connectivity index (χ3n) is 3.03. The highest BCUT2D eigenvalue weighted by molar-refractivity contribution is 9.13.